The van der Waals surface area contributed by atoms with Crippen LogP contribution in [0.1, 0.15) is 11.3 Å². The van der Waals surface area contributed by atoms with E-state index in [-0.39, 0.29) is 12.5 Å². The van der Waals surface area contributed by atoms with Crippen molar-refractivity contribution in [2.75, 3.05) is 13.7 Å². The van der Waals surface area contributed by atoms with Crippen molar-refractivity contribution in [2.45, 2.75) is 16.9 Å². The second-order valence-electron chi connectivity index (χ2n) is 5.96. The van der Waals surface area contributed by atoms with Crippen molar-refractivity contribution >= 4 is 39.8 Å². The number of carbonyl (C=O) groups is 1. The van der Waals surface area contributed by atoms with E-state index in [1.807, 2.05) is 31.2 Å². The van der Waals surface area contributed by atoms with Crippen LogP contribution >= 0.6 is 27.7 Å². The Kier molecular flexibility index (Phi) is 7.37. The zero-order chi connectivity index (χ0) is 20.6. The van der Waals surface area contributed by atoms with Gasteiger partial charge in [-0.05, 0) is 59.3 Å². The number of nitrogens with one attached hydrogen (secondary N) is 1. The molecule has 2 aromatic carbocycles. The summed E-state index contributed by atoms with van der Waals surface area (Å²) in [6, 6.07) is 16.9. The lowest BCUT2D eigenvalue weighted by Crippen LogP contribution is -2.24. The maximum absolute atomic E-state index is 11.9. The summed E-state index contributed by atoms with van der Waals surface area (Å²) in [6.45, 7) is 1.89. The Morgan fingerprint density at radius 2 is 1.86 bits per heavy atom. The van der Waals surface area contributed by atoms with Crippen molar-refractivity contribution in [2.24, 2.45) is 5.10 Å². The molecule has 0 radical (unpaired) electrons. The van der Waals surface area contributed by atoms with Gasteiger partial charge in [-0.3, -0.25) is 4.79 Å². The lowest BCUT2D eigenvalue weighted by atomic mass is 10.2. The van der Waals surface area contributed by atoms with Gasteiger partial charge in [0.05, 0.1) is 17.8 Å². The molecule has 1 N–H and O–H groups in total. The maximum atomic E-state index is 11.9. The van der Waals surface area contributed by atoms with Crippen molar-refractivity contribution in [3.8, 4) is 11.5 Å². The molecular formula is C21H19BrN2O4S. The highest BCUT2D eigenvalue weighted by Gasteiger charge is 2.10. The molecule has 150 valence electrons. The molecule has 0 aliphatic heterocycles. The largest absolute Gasteiger partial charge is 0.497 e. The number of hydrazone groups is 1. The number of hydrogen-bond acceptors (Lipinski definition) is 6. The molecule has 0 aliphatic carbocycles. The first-order chi connectivity index (χ1) is 14.0. The molecule has 0 bridgehead atoms. The lowest BCUT2D eigenvalue weighted by Gasteiger charge is -2.05. The number of benzene rings is 2. The quantitative estimate of drug-likeness (QED) is 0.365. The van der Waals surface area contributed by atoms with Crippen molar-refractivity contribution < 1.29 is 18.7 Å². The van der Waals surface area contributed by atoms with Gasteiger partial charge in [0.15, 0.2) is 11.7 Å². The van der Waals surface area contributed by atoms with E-state index < -0.39 is 0 Å². The highest BCUT2D eigenvalue weighted by Crippen LogP contribution is 2.35. The van der Waals surface area contributed by atoms with Crippen LogP contribution in [0.15, 0.2) is 78.6 Å². The predicted molar refractivity (Wildman–Crippen MR) is 116 cm³/mol. The first-order valence-electron chi connectivity index (χ1n) is 8.66. The Balaban J connectivity index is 1.49. The summed E-state index contributed by atoms with van der Waals surface area (Å²) in [5.74, 6) is 1.42. The first kappa shape index (κ1) is 21.0. The van der Waals surface area contributed by atoms with E-state index in [0.29, 0.717) is 16.6 Å². The van der Waals surface area contributed by atoms with Crippen molar-refractivity contribution in [3.63, 3.8) is 0 Å². The number of hydrogen-bond donors (Lipinski definition) is 1. The summed E-state index contributed by atoms with van der Waals surface area (Å²) in [5, 5.41) is 4.62. The van der Waals surface area contributed by atoms with Crippen molar-refractivity contribution in [1.29, 1.82) is 0 Å². The Hall–Kier alpha value is -2.71. The molecule has 0 spiro atoms. The van der Waals surface area contributed by atoms with E-state index in [1.54, 1.807) is 37.4 Å². The minimum Gasteiger partial charge on any atom is -0.497 e. The van der Waals surface area contributed by atoms with Gasteiger partial charge in [-0.15, -0.1) is 0 Å². The summed E-state index contributed by atoms with van der Waals surface area (Å²) in [7, 11) is 1.59. The van der Waals surface area contributed by atoms with Crippen molar-refractivity contribution in [3.05, 3.63) is 70.4 Å². The molecule has 3 aromatic rings. The van der Waals surface area contributed by atoms with Gasteiger partial charge in [0.25, 0.3) is 5.91 Å². The number of nitrogens with zero attached hydrogens (tertiary/aromatic N) is 1. The molecule has 0 atom stereocenters. The van der Waals surface area contributed by atoms with Crippen LogP contribution in [0, 0.1) is 6.92 Å². The fourth-order valence-electron chi connectivity index (χ4n) is 2.24. The molecule has 3 rings (SSSR count). The normalized spacial score (nSPS) is 10.9. The molecular weight excluding hydrogens is 456 g/mol. The molecule has 0 saturated carbocycles. The van der Waals surface area contributed by atoms with Crippen LogP contribution in [0.2, 0.25) is 0 Å². The zero-order valence-corrected chi connectivity index (χ0v) is 18.2. The fraction of sp³-hybridized carbons (Fsp3) is 0.143. The zero-order valence-electron chi connectivity index (χ0n) is 15.8. The molecule has 6 nitrogen and oxygen atoms in total. The highest BCUT2D eigenvalue weighted by atomic mass is 79.9. The molecule has 0 unspecified atom stereocenters. The van der Waals surface area contributed by atoms with E-state index in [1.165, 1.54) is 23.5 Å². The summed E-state index contributed by atoms with van der Waals surface area (Å²) in [6.07, 6.45) is 1.44. The molecule has 29 heavy (non-hydrogen) atoms. The van der Waals surface area contributed by atoms with Gasteiger partial charge in [-0.1, -0.05) is 29.5 Å². The Bertz CT molecular complexity index is 985. The SMILES string of the molecule is COc1ccc(OCC(=O)N/N=C/c2cc(Br)c(Sc3ccc(C)cc3)o2)cc1. The lowest BCUT2D eigenvalue weighted by molar-refractivity contribution is -0.123. The summed E-state index contributed by atoms with van der Waals surface area (Å²) in [5.41, 5.74) is 3.61. The minimum atomic E-state index is -0.378. The van der Waals surface area contributed by atoms with Gasteiger partial charge in [0.1, 0.15) is 17.3 Å². The summed E-state index contributed by atoms with van der Waals surface area (Å²) < 4.78 is 17.0. The van der Waals surface area contributed by atoms with E-state index >= 15 is 0 Å². The van der Waals surface area contributed by atoms with Crippen LogP contribution in [-0.4, -0.2) is 25.8 Å². The Morgan fingerprint density at radius 3 is 2.55 bits per heavy atom. The third-order valence-electron chi connectivity index (χ3n) is 3.72. The number of furan rings is 1. The van der Waals surface area contributed by atoms with Crippen LogP contribution in [0.4, 0.5) is 0 Å². The predicted octanol–water partition coefficient (Wildman–Crippen LogP) is 5.04. The van der Waals surface area contributed by atoms with Crippen LogP contribution in [-0.2, 0) is 4.79 Å². The highest BCUT2D eigenvalue weighted by molar-refractivity contribution is 9.10. The number of methoxy groups -OCH3 is 1. The fourth-order valence-corrected chi connectivity index (χ4v) is 3.57. The Labute approximate surface area is 181 Å². The molecule has 0 aliphatic rings. The number of halogens is 1. The number of amides is 1. The van der Waals surface area contributed by atoms with Crippen LogP contribution in [0.25, 0.3) is 0 Å². The monoisotopic (exact) mass is 474 g/mol. The van der Waals surface area contributed by atoms with Crippen molar-refractivity contribution in [1.82, 2.24) is 5.43 Å². The van der Waals surface area contributed by atoms with Gasteiger partial charge in [0, 0.05) is 11.0 Å². The number of carbonyl (C=O) groups excluding carboxylic acids is 1. The standard InChI is InChI=1S/C21H19BrN2O4S/c1-14-3-9-18(10-4-14)29-21-19(22)11-17(28-21)12-23-24-20(25)13-27-16-7-5-15(26-2)6-8-16/h3-12H,13H2,1-2H3,(H,24,25)/b23-12+. The molecule has 0 saturated heterocycles. The second kappa shape index (κ2) is 10.2. The topological polar surface area (TPSA) is 73.1 Å². The van der Waals surface area contributed by atoms with E-state index in [2.05, 4.69) is 26.5 Å². The van der Waals surface area contributed by atoms with Crippen LogP contribution < -0.4 is 14.9 Å². The van der Waals surface area contributed by atoms with E-state index in [0.717, 1.165) is 15.1 Å². The molecule has 0 fully saturated rings. The minimum absolute atomic E-state index is 0.153. The van der Waals surface area contributed by atoms with Crippen LogP contribution in [0.5, 0.6) is 11.5 Å². The van der Waals surface area contributed by atoms with Gasteiger partial charge in [-0.2, -0.15) is 5.10 Å². The average molecular weight is 475 g/mol. The van der Waals surface area contributed by atoms with Gasteiger partial charge < -0.3 is 13.9 Å². The third kappa shape index (κ3) is 6.40. The third-order valence-corrected chi connectivity index (χ3v) is 5.56. The molecule has 1 heterocycles. The van der Waals surface area contributed by atoms with Gasteiger partial charge >= 0.3 is 0 Å². The summed E-state index contributed by atoms with van der Waals surface area (Å²) in [4.78, 5) is 12.9. The number of rotatable bonds is 8. The molecule has 8 heteroatoms. The molecule has 1 aromatic heterocycles. The van der Waals surface area contributed by atoms with Gasteiger partial charge in [0.2, 0.25) is 0 Å². The maximum Gasteiger partial charge on any atom is 0.277 e. The summed E-state index contributed by atoms with van der Waals surface area (Å²) >= 11 is 4.98. The average Bonchev–Trinajstić information content (AvgIpc) is 3.07. The Morgan fingerprint density at radius 1 is 1.17 bits per heavy atom. The smallest absolute Gasteiger partial charge is 0.277 e. The first-order valence-corrected chi connectivity index (χ1v) is 10.3. The van der Waals surface area contributed by atoms with E-state index in [9.17, 15) is 4.79 Å². The number of ether oxygens (including phenoxy) is 2. The molecule has 1 amide bonds. The van der Waals surface area contributed by atoms with Crippen LogP contribution in [0.3, 0.4) is 0 Å². The van der Waals surface area contributed by atoms with Gasteiger partial charge in [-0.25, -0.2) is 5.43 Å². The second-order valence-corrected chi connectivity index (χ2v) is 7.86. The number of aryl methyl sites for hydroxylation is 1. The van der Waals surface area contributed by atoms with E-state index in [4.69, 9.17) is 13.9 Å².